The Balaban J connectivity index is 1.87. The highest BCUT2D eigenvalue weighted by molar-refractivity contribution is 6.34. The zero-order valence-electron chi connectivity index (χ0n) is 15.3. The molecule has 0 bridgehead atoms. The molecule has 1 heterocycles. The zero-order valence-corrected chi connectivity index (χ0v) is 16.1. The van der Waals surface area contributed by atoms with Crippen LogP contribution in [0.3, 0.4) is 0 Å². The van der Waals surface area contributed by atoms with E-state index in [0.29, 0.717) is 27.6 Å². The van der Waals surface area contributed by atoms with E-state index in [1.54, 1.807) is 60.7 Å². The van der Waals surface area contributed by atoms with E-state index in [2.05, 4.69) is 5.32 Å². The van der Waals surface area contributed by atoms with E-state index in [4.69, 9.17) is 20.8 Å². The Hall–Kier alpha value is -3.82. The van der Waals surface area contributed by atoms with Gasteiger partial charge in [-0.1, -0.05) is 41.9 Å². The van der Waals surface area contributed by atoms with Crippen molar-refractivity contribution in [3.63, 3.8) is 0 Å². The predicted octanol–water partition coefficient (Wildman–Crippen LogP) is 4.93. The first-order valence-electron chi connectivity index (χ1n) is 8.48. The van der Waals surface area contributed by atoms with Gasteiger partial charge in [0.15, 0.2) is 0 Å². The van der Waals surface area contributed by atoms with Crippen molar-refractivity contribution in [2.45, 2.75) is 0 Å². The van der Waals surface area contributed by atoms with E-state index >= 15 is 0 Å². The SMILES string of the molecule is COC(=O)c1ccccc1-c1ccc(/C=C(\C#N)C(=O)Nc2ccccc2Cl)o1. The van der Waals surface area contributed by atoms with Crippen LogP contribution < -0.4 is 5.32 Å². The van der Waals surface area contributed by atoms with E-state index in [-0.39, 0.29) is 11.3 Å². The number of anilines is 1. The summed E-state index contributed by atoms with van der Waals surface area (Å²) in [5.74, 6) is -0.425. The lowest BCUT2D eigenvalue weighted by Crippen LogP contribution is -2.13. The highest BCUT2D eigenvalue weighted by atomic mass is 35.5. The summed E-state index contributed by atoms with van der Waals surface area (Å²) >= 11 is 6.03. The number of furan rings is 1. The summed E-state index contributed by atoms with van der Waals surface area (Å²) in [5.41, 5.74) is 1.12. The molecular formula is C22H15ClN2O4. The van der Waals surface area contributed by atoms with Crippen molar-refractivity contribution < 1.29 is 18.7 Å². The lowest BCUT2D eigenvalue weighted by molar-refractivity contribution is -0.112. The number of para-hydroxylation sites is 1. The number of carbonyl (C=O) groups is 2. The number of carbonyl (C=O) groups excluding carboxylic acids is 2. The van der Waals surface area contributed by atoms with E-state index in [9.17, 15) is 14.9 Å². The van der Waals surface area contributed by atoms with Crippen LogP contribution in [0.4, 0.5) is 5.69 Å². The molecule has 0 saturated heterocycles. The molecule has 1 amide bonds. The van der Waals surface area contributed by atoms with Crippen LogP contribution in [0.1, 0.15) is 16.1 Å². The molecule has 7 heteroatoms. The fraction of sp³-hybridized carbons (Fsp3) is 0.0455. The number of esters is 1. The molecule has 0 spiro atoms. The van der Waals surface area contributed by atoms with Crippen molar-refractivity contribution in [2.75, 3.05) is 12.4 Å². The van der Waals surface area contributed by atoms with Gasteiger partial charge in [-0.3, -0.25) is 4.79 Å². The molecule has 2 aromatic carbocycles. The molecule has 0 atom stereocenters. The molecular weight excluding hydrogens is 392 g/mol. The number of halogens is 1. The molecule has 1 N–H and O–H groups in total. The van der Waals surface area contributed by atoms with Crippen molar-refractivity contribution in [3.05, 3.63) is 82.6 Å². The Labute approximate surface area is 172 Å². The molecule has 0 saturated carbocycles. The molecule has 6 nitrogen and oxygen atoms in total. The largest absolute Gasteiger partial charge is 0.465 e. The molecule has 3 aromatic rings. The van der Waals surface area contributed by atoms with Crippen LogP contribution in [0.15, 0.2) is 70.7 Å². The average molecular weight is 407 g/mol. The number of nitrogens with zero attached hydrogens (tertiary/aromatic N) is 1. The second kappa shape index (κ2) is 8.91. The Morgan fingerprint density at radius 1 is 1.10 bits per heavy atom. The molecule has 0 fully saturated rings. The smallest absolute Gasteiger partial charge is 0.338 e. The van der Waals surface area contributed by atoms with Crippen LogP contribution in [0, 0.1) is 11.3 Å². The number of rotatable bonds is 5. The second-order valence-electron chi connectivity index (χ2n) is 5.84. The number of nitrogens with one attached hydrogen (secondary N) is 1. The Kier molecular flexibility index (Phi) is 6.12. The molecule has 3 rings (SSSR count). The van der Waals surface area contributed by atoms with Crippen LogP contribution in [0.2, 0.25) is 5.02 Å². The van der Waals surface area contributed by atoms with E-state index in [0.717, 1.165) is 0 Å². The molecule has 0 aliphatic heterocycles. The maximum Gasteiger partial charge on any atom is 0.338 e. The van der Waals surface area contributed by atoms with Gasteiger partial charge in [0.25, 0.3) is 5.91 Å². The highest BCUT2D eigenvalue weighted by Gasteiger charge is 2.16. The summed E-state index contributed by atoms with van der Waals surface area (Å²) < 4.78 is 10.5. The molecule has 29 heavy (non-hydrogen) atoms. The molecule has 0 aliphatic rings. The monoisotopic (exact) mass is 406 g/mol. The topological polar surface area (TPSA) is 92.3 Å². The van der Waals surface area contributed by atoms with Gasteiger partial charge in [0, 0.05) is 11.6 Å². The van der Waals surface area contributed by atoms with Gasteiger partial charge in [0.2, 0.25) is 0 Å². The van der Waals surface area contributed by atoms with Gasteiger partial charge in [-0.2, -0.15) is 5.26 Å². The van der Waals surface area contributed by atoms with Gasteiger partial charge in [-0.05, 0) is 30.3 Å². The lowest BCUT2D eigenvalue weighted by Gasteiger charge is -2.06. The number of nitriles is 1. The summed E-state index contributed by atoms with van der Waals surface area (Å²) in [6.45, 7) is 0. The number of amides is 1. The normalized spacial score (nSPS) is 10.9. The van der Waals surface area contributed by atoms with E-state index < -0.39 is 11.9 Å². The maximum absolute atomic E-state index is 12.4. The van der Waals surface area contributed by atoms with Crippen molar-refractivity contribution in [1.82, 2.24) is 0 Å². The van der Waals surface area contributed by atoms with Crippen LogP contribution >= 0.6 is 11.6 Å². The molecule has 144 valence electrons. The third-order valence-electron chi connectivity index (χ3n) is 4.00. The van der Waals surface area contributed by atoms with Crippen molar-refractivity contribution in [2.24, 2.45) is 0 Å². The first kappa shape index (κ1) is 19.9. The summed E-state index contributed by atoms with van der Waals surface area (Å²) in [5, 5.41) is 12.3. The molecule has 0 radical (unpaired) electrons. The second-order valence-corrected chi connectivity index (χ2v) is 6.25. The number of methoxy groups -OCH3 is 1. The van der Waals surface area contributed by atoms with Crippen molar-refractivity contribution in [1.29, 1.82) is 5.26 Å². The van der Waals surface area contributed by atoms with Crippen LogP contribution in [0.25, 0.3) is 17.4 Å². The van der Waals surface area contributed by atoms with Crippen LogP contribution in [-0.2, 0) is 9.53 Å². The minimum absolute atomic E-state index is 0.160. The fourth-order valence-corrected chi connectivity index (χ4v) is 2.79. The Morgan fingerprint density at radius 2 is 1.83 bits per heavy atom. The molecule has 0 aliphatic carbocycles. The average Bonchev–Trinajstić information content (AvgIpc) is 3.21. The standard InChI is InChI=1S/C22H15ClN2O4/c1-28-22(27)17-7-3-2-6-16(17)20-11-10-15(29-20)12-14(13-24)21(26)25-19-9-5-4-8-18(19)23/h2-12H,1H3,(H,25,26)/b14-12+. The summed E-state index contributed by atoms with van der Waals surface area (Å²) in [6, 6.07) is 18.6. The van der Waals surface area contributed by atoms with Gasteiger partial charge in [-0.15, -0.1) is 0 Å². The van der Waals surface area contributed by atoms with Crippen molar-refractivity contribution in [3.8, 4) is 17.4 Å². The van der Waals surface area contributed by atoms with Gasteiger partial charge < -0.3 is 14.5 Å². The van der Waals surface area contributed by atoms with E-state index in [1.807, 2.05) is 6.07 Å². The van der Waals surface area contributed by atoms with Crippen LogP contribution in [0.5, 0.6) is 0 Å². The quantitative estimate of drug-likeness (QED) is 0.368. The number of hydrogen-bond donors (Lipinski definition) is 1. The van der Waals surface area contributed by atoms with Crippen LogP contribution in [-0.4, -0.2) is 19.0 Å². The van der Waals surface area contributed by atoms with E-state index in [1.165, 1.54) is 13.2 Å². The Morgan fingerprint density at radius 3 is 2.55 bits per heavy atom. The molecule has 1 aromatic heterocycles. The Bertz CT molecular complexity index is 1140. The number of hydrogen-bond acceptors (Lipinski definition) is 5. The minimum atomic E-state index is -0.617. The van der Waals surface area contributed by atoms with Crippen molar-refractivity contribution >= 4 is 35.2 Å². The number of benzene rings is 2. The summed E-state index contributed by atoms with van der Waals surface area (Å²) in [6.07, 6.45) is 1.32. The minimum Gasteiger partial charge on any atom is -0.465 e. The first-order chi connectivity index (χ1) is 14.0. The number of ether oxygens (including phenoxy) is 1. The zero-order chi connectivity index (χ0) is 20.8. The summed E-state index contributed by atoms with van der Waals surface area (Å²) in [7, 11) is 1.30. The van der Waals surface area contributed by atoms with Gasteiger partial charge in [0.05, 0.1) is 23.4 Å². The van der Waals surface area contributed by atoms with Gasteiger partial charge >= 0.3 is 5.97 Å². The first-order valence-corrected chi connectivity index (χ1v) is 8.86. The predicted molar refractivity (Wildman–Crippen MR) is 109 cm³/mol. The maximum atomic E-state index is 12.4. The summed E-state index contributed by atoms with van der Waals surface area (Å²) in [4.78, 5) is 24.3. The fourth-order valence-electron chi connectivity index (χ4n) is 2.60. The lowest BCUT2D eigenvalue weighted by atomic mass is 10.1. The third kappa shape index (κ3) is 4.54. The van der Waals surface area contributed by atoms with Gasteiger partial charge in [0.1, 0.15) is 23.2 Å². The van der Waals surface area contributed by atoms with Gasteiger partial charge in [-0.25, -0.2) is 4.79 Å². The molecule has 0 unspecified atom stereocenters. The highest BCUT2D eigenvalue weighted by Crippen LogP contribution is 2.27. The third-order valence-corrected chi connectivity index (χ3v) is 4.33.